The van der Waals surface area contributed by atoms with Gasteiger partial charge in [0.15, 0.2) is 0 Å². The van der Waals surface area contributed by atoms with Crippen molar-refractivity contribution in [3.8, 4) is 0 Å². The molecule has 2 saturated heterocycles. The molecule has 114 valence electrons. The van der Waals surface area contributed by atoms with E-state index in [1.165, 1.54) is 24.0 Å². The number of piperidine rings is 1. The molecule has 0 aliphatic carbocycles. The van der Waals surface area contributed by atoms with Crippen molar-refractivity contribution in [2.45, 2.75) is 63.6 Å². The van der Waals surface area contributed by atoms with E-state index in [0.717, 1.165) is 19.3 Å². The van der Waals surface area contributed by atoms with Gasteiger partial charge >= 0.3 is 0 Å². The Morgan fingerprint density at radius 2 is 1.90 bits per heavy atom. The molecule has 2 fully saturated rings. The topological polar surface area (TPSA) is 32.3 Å². The van der Waals surface area contributed by atoms with Crippen LogP contribution in [0.4, 0.5) is 0 Å². The summed E-state index contributed by atoms with van der Waals surface area (Å²) in [6.45, 7) is 2.12. The summed E-state index contributed by atoms with van der Waals surface area (Å²) in [5, 5.41) is 3.64. The Morgan fingerprint density at radius 3 is 2.57 bits per heavy atom. The summed E-state index contributed by atoms with van der Waals surface area (Å²) >= 11 is 0. The molecule has 0 radical (unpaired) electrons. The second kappa shape index (κ2) is 6.18. The lowest BCUT2D eigenvalue weighted by Crippen LogP contribution is -2.48. The molecular weight excluding hydrogens is 260 g/mol. The molecule has 1 aromatic carbocycles. The first-order valence-corrected chi connectivity index (χ1v) is 8.19. The average Bonchev–Trinajstić information content (AvgIpc) is 2.83. The summed E-state index contributed by atoms with van der Waals surface area (Å²) in [5.74, 6) is 0.296. The van der Waals surface area contributed by atoms with Gasteiger partial charge in [0, 0.05) is 31.6 Å². The third-order valence-electron chi connectivity index (χ3n) is 5.26. The summed E-state index contributed by atoms with van der Waals surface area (Å²) in [7, 11) is 2.00. The van der Waals surface area contributed by atoms with E-state index in [-0.39, 0.29) is 0 Å². The van der Waals surface area contributed by atoms with Gasteiger partial charge in [-0.25, -0.2) is 0 Å². The molecule has 21 heavy (non-hydrogen) atoms. The highest BCUT2D eigenvalue weighted by Gasteiger charge is 2.36. The van der Waals surface area contributed by atoms with Gasteiger partial charge in [-0.2, -0.15) is 0 Å². The van der Waals surface area contributed by atoms with Crippen LogP contribution in [0.3, 0.4) is 0 Å². The SMILES string of the molecule is Cc1ccccc1CCC(=O)N(C)C1CC2CCC(C1)N2. The van der Waals surface area contributed by atoms with Crippen LogP contribution in [0.1, 0.15) is 43.2 Å². The molecule has 3 nitrogen and oxygen atoms in total. The maximum absolute atomic E-state index is 12.5. The van der Waals surface area contributed by atoms with Gasteiger partial charge in [-0.05, 0) is 50.2 Å². The van der Waals surface area contributed by atoms with E-state index in [4.69, 9.17) is 0 Å². The fourth-order valence-electron chi connectivity index (χ4n) is 3.86. The molecule has 0 saturated carbocycles. The van der Waals surface area contributed by atoms with Crippen LogP contribution in [0.15, 0.2) is 24.3 Å². The number of nitrogens with zero attached hydrogens (tertiary/aromatic N) is 1. The van der Waals surface area contributed by atoms with Crippen molar-refractivity contribution in [1.82, 2.24) is 10.2 Å². The van der Waals surface area contributed by atoms with Crippen LogP contribution < -0.4 is 5.32 Å². The lowest BCUT2D eigenvalue weighted by Gasteiger charge is -2.35. The smallest absolute Gasteiger partial charge is 0.222 e. The van der Waals surface area contributed by atoms with Gasteiger partial charge in [0.1, 0.15) is 0 Å². The number of aryl methyl sites for hydroxylation is 2. The summed E-state index contributed by atoms with van der Waals surface area (Å²) in [5.41, 5.74) is 2.58. The van der Waals surface area contributed by atoms with E-state index < -0.39 is 0 Å². The van der Waals surface area contributed by atoms with Crippen LogP contribution in [-0.2, 0) is 11.2 Å². The fraction of sp³-hybridized carbons (Fsp3) is 0.611. The summed E-state index contributed by atoms with van der Waals surface area (Å²) in [6, 6.07) is 10.1. The highest BCUT2D eigenvalue weighted by atomic mass is 16.2. The molecule has 2 bridgehead atoms. The molecule has 1 N–H and O–H groups in total. The average molecular weight is 286 g/mol. The Labute approximate surface area is 127 Å². The van der Waals surface area contributed by atoms with Crippen molar-refractivity contribution in [1.29, 1.82) is 0 Å². The predicted molar refractivity (Wildman–Crippen MR) is 85.2 cm³/mol. The minimum absolute atomic E-state index is 0.296. The van der Waals surface area contributed by atoms with Gasteiger partial charge in [-0.1, -0.05) is 24.3 Å². The molecular formula is C18H26N2O. The van der Waals surface area contributed by atoms with E-state index >= 15 is 0 Å². The Hall–Kier alpha value is -1.35. The maximum atomic E-state index is 12.5. The first kappa shape index (κ1) is 14.6. The quantitative estimate of drug-likeness (QED) is 0.923. The van der Waals surface area contributed by atoms with Crippen molar-refractivity contribution >= 4 is 5.91 Å². The van der Waals surface area contributed by atoms with Crippen LogP contribution in [0.25, 0.3) is 0 Å². The Bertz CT molecular complexity index is 502. The van der Waals surface area contributed by atoms with E-state index in [0.29, 0.717) is 30.5 Å². The summed E-state index contributed by atoms with van der Waals surface area (Å²) in [4.78, 5) is 14.5. The van der Waals surface area contributed by atoms with Crippen molar-refractivity contribution in [2.75, 3.05) is 7.05 Å². The van der Waals surface area contributed by atoms with Gasteiger partial charge in [0.25, 0.3) is 0 Å². The first-order chi connectivity index (χ1) is 10.1. The van der Waals surface area contributed by atoms with E-state index in [2.05, 4.69) is 36.5 Å². The number of carbonyl (C=O) groups excluding carboxylic acids is 1. The number of hydrogen-bond donors (Lipinski definition) is 1. The number of carbonyl (C=O) groups is 1. The van der Waals surface area contributed by atoms with Gasteiger partial charge in [0.05, 0.1) is 0 Å². The third-order valence-corrected chi connectivity index (χ3v) is 5.26. The monoisotopic (exact) mass is 286 g/mol. The van der Waals surface area contributed by atoms with E-state index in [1.807, 2.05) is 11.9 Å². The number of rotatable bonds is 4. The number of amides is 1. The summed E-state index contributed by atoms with van der Waals surface area (Å²) in [6.07, 6.45) is 6.30. The van der Waals surface area contributed by atoms with Crippen molar-refractivity contribution in [3.63, 3.8) is 0 Å². The standard InChI is InChI=1S/C18H26N2O/c1-13-5-3-4-6-14(13)7-10-18(21)20(2)17-11-15-8-9-16(12-17)19-15/h3-6,15-17,19H,7-12H2,1-2H3. The van der Waals surface area contributed by atoms with Crippen LogP contribution >= 0.6 is 0 Å². The summed E-state index contributed by atoms with van der Waals surface area (Å²) < 4.78 is 0. The molecule has 2 atom stereocenters. The van der Waals surface area contributed by atoms with Crippen molar-refractivity contribution in [3.05, 3.63) is 35.4 Å². The molecule has 2 aliphatic rings. The Balaban J connectivity index is 1.54. The van der Waals surface area contributed by atoms with Gasteiger partial charge in [-0.15, -0.1) is 0 Å². The number of benzene rings is 1. The highest BCUT2D eigenvalue weighted by molar-refractivity contribution is 5.76. The minimum atomic E-state index is 0.296. The van der Waals surface area contributed by atoms with Crippen LogP contribution in [0.5, 0.6) is 0 Å². The van der Waals surface area contributed by atoms with E-state index in [1.54, 1.807) is 0 Å². The van der Waals surface area contributed by atoms with Crippen LogP contribution in [0, 0.1) is 6.92 Å². The molecule has 2 aliphatic heterocycles. The normalized spacial score (nSPS) is 27.6. The molecule has 2 heterocycles. The Morgan fingerprint density at radius 1 is 1.24 bits per heavy atom. The molecule has 1 amide bonds. The maximum Gasteiger partial charge on any atom is 0.222 e. The number of fused-ring (bicyclic) bond motifs is 2. The molecule has 0 aromatic heterocycles. The fourth-order valence-corrected chi connectivity index (χ4v) is 3.86. The van der Waals surface area contributed by atoms with Gasteiger partial charge < -0.3 is 10.2 Å². The van der Waals surface area contributed by atoms with Crippen LogP contribution in [0.2, 0.25) is 0 Å². The zero-order valence-electron chi connectivity index (χ0n) is 13.1. The third kappa shape index (κ3) is 3.29. The minimum Gasteiger partial charge on any atom is -0.343 e. The molecule has 0 spiro atoms. The zero-order chi connectivity index (χ0) is 14.8. The first-order valence-electron chi connectivity index (χ1n) is 8.19. The lowest BCUT2D eigenvalue weighted by molar-refractivity contribution is -0.132. The van der Waals surface area contributed by atoms with Crippen molar-refractivity contribution < 1.29 is 4.79 Å². The predicted octanol–water partition coefficient (Wildman–Crippen LogP) is 2.67. The second-order valence-electron chi connectivity index (χ2n) is 6.69. The van der Waals surface area contributed by atoms with E-state index in [9.17, 15) is 4.79 Å². The largest absolute Gasteiger partial charge is 0.343 e. The highest BCUT2D eigenvalue weighted by Crippen LogP contribution is 2.29. The van der Waals surface area contributed by atoms with Gasteiger partial charge in [0.2, 0.25) is 5.91 Å². The molecule has 1 aromatic rings. The molecule has 2 unspecified atom stereocenters. The molecule has 3 rings (SSSR count). The molecule has 3 heteroatoms. The second-order valence-corrected chi connectivity index (χ2v) is 6.69. The van der Waals surface area contributed by atoms with Crippen molar-refractivity contribution in [2.24, 2.45) is 0 Å². The van der Waals surface area contributed by atoms with Crippen LogP contribution in [-0.4, -0.2) is 36.0 Å². The zero-order valence-corrected chi connectivity index (χ0v) is 13.1. The Kier molecular flexibility index (Phi) is 4.29. The number of nitrogens with one attached hydrogen (secondary N) is 1. The van der Waals surface area contributed by atoms with Gasteiger partial charge in [-0.3, -0.25) is 4.79 Å². The lowest BCUT2D eigenvalue weighted by atomic mass is 9.97. The number of hydrogen-bond acceptors (Lipinski definition) is 2.